The molecule has 1 aromatic heterocycles. The summed E-state index contributed by atoms with van der Waals surface area (Å²) in [5.74, 6) is -2.12. The average Bonchev–Trinajstić information content (AvgIpc) is 1.66. The zero-order chi connectivity index (χ0) is 71.8. The molecule has 5 heterocycles. The van der Waals surface area contributed by atoms with Gasteiger partial charge in [-0.25, -0.2) is 38.1 Å². The van der Waals surface area contributed by atoms with Crippen molar-refractivity contribution in [3.05, 3.63) is 127 Å². The molecular formula is C61H74BrCl3F4N6O18S4. The Morgan fingerprint density at radius 1 is 0.608 bits per heavy atom. The predicted molar refractivity (Wildman–Crippen MR) is 355 cm³/mol. The number of carbonyl (C=O) groups is 3. The predicted octanol–water partition coefficient (Wildman–Crippen LogP) is 9.12. The molecule has 4 aliphatic rings. The number of halogens is 8. The van der Waals surface area contributed by atoms with Gasteiger partial charge in [-0.2, -0.15) is 30.4 Å². The van der Waals surface area contributed by atoms with Crippen LogP contribution < -0.4 is 5.32 Å². The molecule has 4 aliphatic heterocycles. The van der Waals surface area contributed by atoms with Crippen molar-refractivity contribution in [2.45, 2.75) is 104 Å². The number of esters is 3. The Morgan fingerprint density at radius 2 is 1.11 bits per heavy atom. The average molecular weight is 1570 g/mol. The van der Waals surface area contributed by atoms with Crippen molar-refractivity contribution in [1.29, 1.82) is 0 Å². The van der Waals surface area contributed by atoms with Gasteiger partial charge in [0.2, 0.25) is 40.1 Å². The molecule has 0 radical (unpaired) electrons. The van der Waals surface area contributed by atoms with E-state index in [4.69, 9.17) is 63.2 Å². The highest BCUT2D eigenvalue weighted by atomic mass is 79.9. The monoisotopic (exact) mass is 1570 g/mol. The molecule has 24 nitrogen and oxygen atoms in total. The second-order valence-corrected chi connectivity index (χ2v) is 31.9. The Kier molecular flexibility index (Phi) is 29.9. The third kappa shape index (κ3) is 24.5. The Morgan fingerprint density at radius 3 is 1.60 bits per heavy atom. The lowest BCUT2D eigenvalue weighted by Crippen LogP contribution is -2.34. The summed E-state index contributed by atoms with van der Waals surface area (Å²) in [4.78, 5) is 38.0. The number of alkyl halides is 3. The number of epoxide rings is 4. The fourth-order valence-electron chi connectivity index (χ4n) is 8.79. The van der Waals surface area contributed by atoms with Crippen molar-refractivity contribution in [3.63, 3.8) is 0 Å². The maximum Gasteiger partial charge on any atom is 0.416 e. The van der Waals surface area contributed by atoms with E-state index in [-0.39, 0.29) is 125 Å². The minimum Gasteiger partial charge on any atom is -0.466 e. The van der Waals surface area contributed by atoms with Crippen LogP contribution in [0.5, 0.6) is 0 Å². The van der Waals surface area contributed by atoms with Gasteiger partial charge in [-0.15, -0.1) is 0 Å². The molecule has 9 rings (SSSR count). The third-order valence-electron chi connectivity index (χ3n) is 14.3. The van der Waals surface area contributed by atoms with Crippen molar-refractivity contribution in [2.24, 2.45) is 0 Å². The lowest BCUT2D eigenvalue weighted by molar-refractivity contribution is -0.144. The molecule has 0 unspecified atom stereocenters. The summed E-state index contributed by atoms with van der Waals surface area (Å²) < 4.78 is 194. The number of nitrogens with zero attached hydrogens (tertiary/aromatic N) is 5. The second kappa shape index (κ2) is 35.9. The number of nitrogens with one attached hydrogen (secondary N) is 1. The molecular weight excluding hydrogens is 1500 g/mol. The van der Waals surface area contributed by atoms with Gasteiger partial charge in [0.15, 0.2) is 0 Å². The van der Waals surface area contributed by atoms with Gasteiger partial charge >= 0.3 is 24.1 Å². The highest BCUT2D eigenvalue weighted by Crippen LogP contribution is 2.38. The van der Waals surface area contributed by atoms with E-state index < -0.39 is 74.5 Å². The van der Waals surface area contributed by atoms with Crippen LogP contribution in [0, 0.1) is 5.82 Å². The summed E-state index contributed by atoms with van der Waals surface area (Å²) in [6.45, 7) is 10.6. The number of rotatable bonds is 30. The number of sulfonamides is 4. The number of aromatic nitrogens is 1. The first kappa shape index (κ1) is 80.8. The van der Waals surface area contributed by atoms with E-state index in [0.717, 1.165) is 48.6 Å². The van der Waals surface area contributed by atoms with Crippen LogP contribution in [-0.4, -0.2) is 205 Å². The lowest BCUT2D eigenvalue weighted by Gasteiger charge is -2.19. The Labute approximate surface area is 585 Å². The van der Waals surface area contributed by atoms with Gasteiger partial charge in [-0.1, -0.05) is 69.8 Å². The Balaban J connectivity index is 0.000000208. The van der Waals surface area contributed by atoms with E-state index in [1.807, 2.05) is 13.0 Å². The highest BCUT2D eigenvalue weighted by Gasteiger charge is 2.38. The number of likely N-dealkylation sites (N-methyl/N-ethyl adjacent to an activating group) is 4. The van der Waals surface area contributed by atoms with E-state index in [1.54, 1.807) is 69.4 Å². The summed E-state index contributed by atoms with van der Waals surface area (Å²) >= 11 is 22.1. The SMILES string of the molecule is CCN(C[C@H]1CO1)S(=O)(=O)c1cccc(Br)c1.CCOC(=O)CCc1cc(F)cc(S(=O)(=O)N(C)C[C@H]2CO2)c1Cl.CCOC(=O)CCc1ccc(-c2cc(Cl)c(S(=O)(=O)N(C)C[C@H]3CO3)c(Cl)c2)cn1.CCOC(=O)CNc1cc(C(F)(F)F)cc(S(=O)(=O)N(C)C[C@H]2CO2)c1. The first-order chi connectivity index (χ1) is 45.5. The van der Waals surface area contributed by atoms with Crippen molar-refractivity contribution in [3.8, 4) is 11.1 Å². The summed E-state index contributed by atoms with van der Waals surface area (Å²) in [5.41, 5.74) is 1.07. The molecule has 0 aliphatic carbocycles. The van der Waals surface area contributed by atoms with Crippen LogP contribution in [0.25, 0.3) is 11.1 Å². The number of pyridine rings is 1. The summed E-state index contributed by atoms with van der Waals surface area (Å²) in [6.07, 6.45) is -2.72. The first-order valence-corrected chi connectivity index (χ1v) is 37.7. The zero-order valence-electron chi connectivity index (χ0n) is 53.7. The quantitative estimate of drug-likeness (QED) is 0.0194. The number of anilines is 1. The van der Waals surface area contributed by atoms with Gasteiger partial charge in [0, 0.05) is 94.3 Å². The smallest absolute Gasteiger partial charge is 0.416 e. The maximum absolute atomic E-state index is 13.9. The zero-order valence-corrected chi connectivity index (χ0v) is 60.8. The molecule has 0 amide bonds. The molecule has 4 atom stereocenters. The largest absolute Gasteiger partial charge is 0.466 e. The minimum atomic E-state index is -4.75. The number of hydrogen-bond donors (Lipinski definition) is 1. The molecule has 5 aromatic rings. The molecule has 97 heavy (non-hydrogen) atoms. The van der Waals surface area contributed by atoms with Crippen LogP contribution in [-0.2, 0) is 107 Å². The molecule has 4 aromatic carbocycles. The van der Waals surface area contributed by atoms with Crippen LogP contribution >= 0.6 is 50.7 Å². The topological polar surface area (TPSA) is 303 Å². The van der Waals surface area contributed by atoms with Crippen LogP contribution in [0.2, 0.25) is 15.1 Å². The van der Waals surface area contributed by atoms with Gasteiger partial charge in [0.25, 0.3) is 0 Å². The van der Waals surface area contributed by atoms with Gasteiger partial charge in [-0.05, 0) is 105 Å². The standard InChI is InChI=1S/C20H22Cl2N2O5S.C15H19ClFNO5S.C15H19F3N2O5S.C11H14BrNO3S/c1-3-28-19(25)7-6-15-5-4-13(10-23-15)14-8-17(21)20(18(22)9-14)30(26,27)24(2)11-16-12-29-16;1-3-22-14(19)5-4-10-6-11(17)7-13(15(10)16)24(20,21)18(2)8-12-9-23-12;1-3-24-14(21)7-19-11-4-10(15(16,17)18)5-13(6-11)26(22,23)20(2)8-12-9-25-12;1-2-13(7-10-8-16-10)17(14,15)11-5-3-4-9(12)6-11/h4-5,8-10,16H,3,6-7,11-12H2,1-2H3;6-7,12H,3-5,8-9H2,1-2H3;4-6,12,19H,3,7-9H2,1-2H3;3-6,10H,2,7-8H2,1H3/t16-;2*12-;10-/m0000/s1. The van der Waals surface area contributed by atoms with Crippen molar-refractivity contribution in [2.75, 3.05) is 112 Å². The first-order valence-electron chi connectivity index (χ1n) is 30.0. The normalized spacial score (nSPS) is 17.2. The van der Waals surface area contributed by atoms with Crippen LogP contribution in [0.15, 0.2) is 109 Å². The van der Waals surface area contributed by atoms with Crippen LogP contribution in [0.1, 0.15) is 57.4 Å². The number of hydrogen-bond acceptors (Lipinski definition) is 20. The highest BCUT2D eigenvalue weighted by molar-refractivity contribution is 9.10. The lowest BCUT2D eigenvalue weighted by atomic mass is 10.1. The maximum atomic E-state index is 13.9. The molecule has 0 bridgehead atoms. The Bertz CT molecular complexity index is 4010. The van der Waals surface area contributed by atoms with Gasteiger partial charge < -0.3 is 38.5 Å². The second-order valence-electron chi connectivity index (χ2n) is 21.8. The third-order valence-corrected chi connectivity index (χ3v) is 23.6. The fraction of sp³-hybridized carbons (Fsp3) is 0.475. The molecule has 1 N–H and O–H groups in total. The van der Waals surface area contributed by atoms with E-state index in [0.29, 0.717) is 69.1 Å². The van der Waals surface area contributed by atoms with E-state index in [2.05, 4.69) is 31.0 Å². The van der Waals surface area contributed by atoms with Crippen molar-refractivity contribution >= 4 is 114 Å². The van der Waals surface area contributed by atoms with Crippen molar-refractivity contribution in [1.82, 2.24) is 22.2 Å². The van der Waals surface area contributed by atoms with E-state index in [1.165, 1.54) is 29.8 Å². The van der Waals surface area contributed by atoms with Gasteiger partial charge in [0.05, 0.1) is 108 Å². The number of ether oxygens (including phenoxy) is 7. The molecule has 536 valence electrons. The number of aryl methyl sites for hydroxylation is 2. The van der Waals surface area contributed by atoms with E-state index in [9.17, 15) is 65.6 Å². The van der Waals surface area contributed by atoms with Crippen LogP contribution in [0.3, 0.4) is 0 Å². The summed E-state index contributed by atoms with van der Waals surface area (Å²) in [5, 5.41) is 2.45. The van der Waals surface area contributed by atoms with Crippen LogP contribution in [0.4, 0.5) is 23.2 Å². The van der Waals surface area contributed by atoms with Gasteiger partial charge in [0.1, 0.15) is 22.2 Å². The molecule has 0 spiro atoms. The van der Waals surface area contributed by atoms with Gasteiger partial charge in [-0.3, -0.25) is 19.4 Å². The fourth-order valence-corrected chi connectivity index (χ4v) is 16.3. The van der Waals surface area contributed by atoms with E-state index >= 15 is 0 Å². The summed E-state index contributed by atoms with van der Waals surface area (Å²) in [6, 6.07) is 17.8. The van der Waals surface area contributed by atoms with Crippen molar-refractivity contribution < 1.29 is 98.8 Å². The Hall–Kier alpha value is -5.21. The number of benzene rings is 4. The minimum absolute atomic E-state index is 0.0117. The number of carbonyl (C=O) groups excluding carboxylic acids is 3. The molecule has 0 saturated carbocycles. The molecule has 4 saturated heterocycles. The molecule has 4 fully saturated rings. The molecule has 36 heteroatoms. The summed E-state index contributed by atoms with van der Waals surface area (Å²) in [7, 11) is -11.2.